The number of carbonyl (C=O) groups excluding carboxylic acids is 1. The highest BCUT2D eigenvalue weighted by molar-refractivity contribution is 6.02. The molecule has 1 atom stereocenters. The number of rotatable bonds is 3. The average Bonchev–Trinajstić information content (AvgIpc) is 3.37. The number of carbonyl (C=O) groups is 1. The lowest BCUT2D eigenvalue weighted by Gasteiger charge is -2.37. The van der Waals surface area contributed by atoms with Gasteiger partial charge in [-0.05, 0) is 37.1 Å². The van der Waals surface area contributed by atoms with Gasteiger partial charge in [0.05, 0.1) is 17.4 Å². The minimum Gasteiger partial charge on any atom is -0.359 e. The first-order valence-corrected chi connectivity index (χ1v) is 8.47. The van der Waals surface area contributed by atoms with Crippen molar-refractivity contribution in [2.45, 2.75) is 25.0 Å². The maximum absolute atomic E-state index is 13.0. The summed E-state index contributed by atoms with van der Waals surface area (Å²) < 4.78 is 0. The molecule has 6 nitrogen and oxygen atoms in total. The van der Waals surface area contributed by atoms with Crippen molar-refractivity contribution < 1.29 is 4.79 Å². The summed E-state index contributed by atoms with van der Waals surface area (Å²) in [5, 5.41) is 12.5. The Morgan fingerprint density at radius 1 is 1.00 bits per heavy atom. The zero-order valence-electron chi connectivity index (χ0n) is 13.5. The van der Waals surface area contributed by atoms with Crippen LogP contribution in [-0.2, 0) is 0 Å². The van der Waals surface area contributed by atoms with Gasteiger partial charge in [0, 0.05) is 11.7 Å². The Labute approximate surface area is 145 Å². The number of amides is 1. The van der Waals surface area contributed by atoms with Crippen molar-refractivity contribution in [3.63, 3.8) is 0 Å². The second-order valence-electron chi connectivity index (χ2n) is 6.43. The summed E-state index contributed by atoms with van der Waals surface area (Å²) in [5.74, 6) is 0.0658. The van der Waals surface area contributed by atoms with Crippen LogP contribution < -0.4 is 5.32 Å². The molecule has 0 saturated heterocycles. The Hall–Kier alpha value is -3.15. The van der Waals surface area contributed by atoms with Crippen molar-refractivity contribution in [1.82, 2.24) is 19.9 Å². The van der Waals surface area contributed by atoms with Crippen LogP contribution in [0.3, 0.4) is 0 Å². The third-order valence-corrected chi connectivity index (χ3v) is 4.68. The number of nitrogens with one attached hydrogen (secondary N) is 1. The van der Waals surface area contributed by atoms with E-state index >= 15 is 0 Å². The molecule has 3 aromatic rings. The van der Waals surface area contributed by atoms with Gasteiger partial charge in [0.15, 0.2) is 0 Å². The molecule has 2 aromatic carbocycles. The van der Waals surface area contributed by atoms with Crippen LogP contribution in [-0.4, -0.2) is 31.8 Å². The van der Waals surface area contributed by atoms with E-state index in [1.54, 1.807) is 11.0 Å². The summed E-state index contributed by atoms with van der Waals surface area (Å²) in [6.07, 6.45) is 3.53. The van der Waals surface area contributed by atoms with Crippen LogP contribution in [0.2, 0.25) is 0 Å². The number of para-hydroxylation sites is 2. The highest BCUT2D eigenvalue weighted by Crippen LogP contribution is 2.40. The smallest absolute Gasteiger partial charge is 0.258 e. The number of nitrogens with zero attached hydrogens (tertiary/aromatic N) is 4. The zero-order valence-corrected chi connectivity index (χ0v) is 13.5. The van der Waals surface area contributed by atoms with Gasteiger partial charge in [-0.3, -0.25) is 4.79 Å². The van der Waals surface area contributed by atoms with Crippen molar-refractivity contribution in [2.24, 2.45) is 0 Å². The van der Waals surface area contributed by atoms with E-state index in [2.05, 4.69) is 15.5 Å². The molecule has 1 unspecified atom stereocenters. The fourth-order valence-corrected chi connectivity index (χ4v) is 3.30. The lowest BCUT2D eigenvalue weighted by molar-refractivity contribution is 0.0662. The molecular formula is C19H17N5O. The molecule has 6 heteroatoms. The minimum absolute atomic E-state index is 0.0658. The van der Waals surface area contributed by atoms with Gasteiger partial charge in [-0.15, -0.1) is 5.10 Å². The van der Waals surface area contributed by atoms with Crippen molar-refractivity contribution in [1.29, 1.82) is 0 Å². The second kappa shape index (κ2) is 5.44. The number of hydrogen-bond acceptors (Lipinski definition) is 4. The van der Waals surface area contributed by atoms with E-state index in [0.29, 0.717) is 0 Å². The van der Waals surface area contributed by atoms with Crippen molar-refractivity contribution >= 4 is 11.6 Å². The fraction of sp³-hybridized carbons (Fsp3) is 0.211. The standard InChI is InChI=1S/C19H17N5O/c25-19-15-8-4-5-9-16(15)21-18(23(19)13-10-11-13)17-12-20-24(22-17)14-6-2-1-3-7-14/h1-9,12-13,18,21H,10-11H2. The van der Waals surface area contributed by atoms with Gasteiger partial charge in [-0.25, -0.2) is 0 Å². The van der Waals surface area contributed by atoms with Crippen LogP contribution in [0.4, 0.5) is 5.69 Å². The number of hydrogen-bond donors (Lipinski definition) is 1. The van der Waals surface area contributed by atoms with Crippen molar-refractivity contribution in [3.8, 4) is 5.69 Å². The van der Waals surface area contributed by atoms with Gasteiger partial charge in [0.2, 0.25) is 0 Å². The monoisotopic (exact) mass is 331 g/mol. The van der Waals surface area contributed by atoms with Crippen LogP contribution >= 0.6 is 0 Å². The largest absolute Gasteiger partial charge is 0.359 e. The van der Waals surface area contributed by atoms with E-state index in [4.69, 9.17) is 0 Å². The Balaban J connectivity index is 1.54. The molecule has 0 radical (unpaired) electrons. The third kappa shape index (κ3) is 2.38. The first kappa shape index (κ1) is 14.2. The summed E-state index contributed by atoms with van der Waals surface area (Å²) >= 11 is 0. The first-order valence-electron chi connectivity index (χ1n) is 8.47. The number of benzene rings is 2. The first-order chi connectivity index (χ1) is 12.3. The molecule has 25 heavy (non-hydrogen) atoms. The zero-order chi connectivity index (χ0) is 16.8. The van der Waals surface area contributed by atoms with E-state index < -0.39 is 0 Å². The molecule has 5 rings (SSSR count). The van der Waals surface area contributed by atoms with Crippen LogP contribution in [0, 0.1) is 0 Å². The fourth-order valence-electron chi connectivity index (χ4n) is 3.30. The third-order valence-electron chi connectivity index (χ3n) is 4.68. The molecule has 0 spiro atoms. The number of aromatic nitrogens is 3. The summed E-state index contributed by atoms with van der Waals surface area (Å²) in [4.78, 5) is 16.5. The van der Waals surface area contributed by atoms with E-state index in [0.717, 1.165) is 35.5 Å². The van der Waals surface area contributed by atoms with E-state index in [1.807, 2.05) is 59.5 Å². The SMILES string of the molecule is O=C1c2ccccc2NC(c2cnn(-c3ccccc3)n2)N1C1CC1. The summed E-state index contributed by atoms with van der Waals surface area (Å²) in [7, 11) is 0. The minimum atomic E-state index is -0.285. The van der Waals surface area contributed by atoms with Gasteiger partial charge in [0.1, 0.15) is 11.9 Å². The maximum Gasteiger partial charge on any atom is 0.258 e. The normalized spacial score (nSPS) is 19.4. The van der Waals surface area contributed by atoms with E-state index in [1.165, 1.54) is 0 Å². The highest BCUT2D eigenvalue weighted by Gasteiger charge is 2.43. The van der Waals surface area contributed by atoms with Crippen molar-refractivity contribution in [2.75, 3.05) is 5.32 Å². The lowest BCUT2D eigenvalue weighted by atomic mass is 10.1. The average molecular weight is 331 g/mol. The predicted molar refractivity (Wildman–Crippen MR) is 93.4 cm³/mol. The van der Waals surface area contributed by atoms with Crippen LogP contribution in [0.5, 0.6) is 0 Å². The molecular weight excluding hydrogens is 314 g/mol. The molecule has 1 amide bonds. The molecule has 2 aliphatic rings. The van der Waals surface area contributed by atoms with Crippen molar-refractivity contribution in [3.05, 3.63) is 72.1 Å². The number of anilines is 1. The molecule has 1 fully saturated rings. The van der Waals surface area contributed by atoms with Gasteiger partial charge < -0.3 is 10.2 Å². The molecule has 2 heterocycles. The molecule has 1 aliphatic heterocycles. The second-order valence-corrected chi connectivity index (χ2v) is 6.43. The molecule has 0 bridgehead atoms. The Morgan fingerprint density at radius 2 is 1.76 bits per heavy atom. The van der Waals surface area contributed by atoms with E-state index in [9.17, 15) is 4.79 Å². The topological polar surface area (TPSA) is 63.1 Å². The maximum atomic E-state index is 13.0. The van der Waals surface area contributed by atoms with Crippen LogP contribution in [0.25, 0.3) is 5.69 Å². The summed E-state index contributed by atoms with van der Waals surface area (Å²) in [6, 6.07) is 17.7. The lowest BCUT2D eigenvalue weighted by Crippen LogP contribution is -2.44. The molecule has 124 valence electrons. The Bertz CT molecular complexity index is 932. The quantitative estimate of drug-likeness (QED) is 0.801. The summed E-state index contributed by atoms with van der Waals surface area (Å²) in [6.45, 7) is 0. The molecule has 1 N–H and O–H groups in total. The highest BCUT2D eigenvalue weighted by atomic mass is 16.2. The van der Waals surface area contributed by atoms with Gasteiger partial charge >= 0.3 is 0 Å². The molecule has 1 aliphatic carbocycles. The van der Waals surface area contributed by atoms with Crippen LogP contribution in [0.1, 0.15) is 35.1 Å². The van der Waals surface area contributed by atoms with Crippen LogP contribution in [0.15, 0.2) is 60.8 Å². The number of fused-ring (bicyclic) bond motifs is 1. The Kier molecular flexibility index (Phi) is 3.09. The van der Waals surface area contributed by atoms with E-state index in [-0.39, 0.29) is 18.1 Å². The molecule has 1 aromatic heterocycles. The molecule has 1 saturated carbocycles. The van der Waals surface area contributed by atoms with Gasteiger partial charge in [-0.2, -0.15) is 9.90 Å². The predicted octanol–water partition coefficient (Wildman–Crippen LogP) is 3.00. The summed E-state index contributed by atoms with van der Waals surface area (Å²) in [5.41, 5.74) is 3.22. The van der Waals surface area contributed by atoms with Gasteiger partial charge in [0.25, 0.3) is 5.91 Å². The van der Waals surface area contributed by atoms with Gasteiger partial charge in [-0.1, -0.05) is 30.3 Å². The Morgan fingerprint density at radius 3 is 2.56 bits per heavy atom.